The number of hydrogen-bond acceptors (Lipinski definition) is 2. The maximum absolute atomic E-state index is 12.3. The van der Waals surface area contributed by atoms with Crippen LogP contribution in [0, 0.1) is 11.3 Å². The molecule has 0 aromatic heterocycles. The molecule has 0 aromatic rings. The number of aliphatic carboxylic acids is 1. The second-order valence-corrected chi connectivity index (χ2v) is 3.45. The predicted octanol–water partition coefficient (Wildman–Crippen LogP) is 0.859. The van der Waals surface area contributed by atoms with Gasteiger partial charge < -0.3 is 10.4 Å². The zero-order chi connectivity index (χ0) is 10.3. The lowest BCUT2D eigenvalue weighted by Crippen LogP contribution is -2.42. The summed E-state index contributed by atoms with van der Waals surface area (Å²) in [4.78, 5) is 10.6. The van der Waals surface area contributed by atoms with Crippen molar-refractivity contribution >= 4 is 5.97 Å². The number of nitrogens with one attached hydrogen (secondary N) is 1. The van der Waals surface area contributed by atoms with Crippen molar-refractivity contribution in [3.63, 3.8) is 0 Å². The van der Waals surface area contributed by atoms with E-state index in [0.29, 0.717) is 0 Å². The molecule has 1 aliphatic rings. The van der Waals surface area contributed by atoms with Crippen LogP contribution < -0.4 is 5.32 Å². The molecular weight excluding hydrogens is 187 g/mol. The molecule has 0 aliphatic carbocycles. The summed E-state index contributed by atoms with van der Waals surface area (Å²) >= 11 is 0. The molecule has 0 aromatic carbocycles. The predicted molar refractivity (Wildman–Crippen MR) is 38.2 cm³/mol. The lowest BCUT2D eigenvalue weighted by Gasteiger charge is -2.27. The fourth-order valence-electron chi connectivity index (χ4n) is 1.53. The van der Waals surface area contributed by atoms with Gasteiger partial charge in [-0.1, -0.05) is 0 Å². The van der Waals surface area contributed by atoms with Gasteiger partial charge in [0.1, 0.15) is 0 Å². The quantitative estimate of drug-likeness (QED) is 0.655. The van der Waals surface area contributed by atoms with E-state index in [1.165, 1.54) is 0 Å². The normalized spacial score (nSPS) is 34.9. The van der Waals surface area contributed by atoms with Gasteiger partial charge in [-0.3, -0.25) is 4.79 Å². The molecule has 2 unspecified atom stereocenters. The Bertz CT molecular complexity index is 228. The molecule has 0 amide bonds. The Hall–Kier alpha value is -0.780. The van der Waals surface area contributed by atoms with Crippen molar-refractivity contribution in [3.05, 3.63) is 0 Å². The molecule has 76 valence electrons. The Kier molecular flexibility index (Phi) is 2.27. The second kappa shape index (κ2) is 2.87. The number of carbonyl (C=O) groups is 1. The molecule has 1 aliphatic heterocycles. The summed E-state index contributed by atoms with van der Waals surface area (Å²) in [6.07, 6.45) is -4.45. The van der Waals surface area contributed by atoms with Gasteiger partial charge in [0.15, 0.2) is 0 Å². The molecule has 3 nitrogen and oxygen atoms in total. The first-order valence-corrected chi connectivity index (χ1v) is 3.79. The number of alkyl halides is 3. The fourth-order valence-corrected chi connectivity index (χ4v) is 1.53. The van der Waals surface area contributed by atoms with Gasteiger partial charge in [-0.25, -0.2) is 0 Å². The first-order valence-electron chi connectivity index (χ1n) is 3.79. The average molecular weight is 197 g/mol. The van der Waals surface area contributed by atoms with Gasteiger partial charge in [-0.2, -0.15) is 13.2 Å². The largest absolute Gasteiger partial charge is 0.481 e. The van der Waals surface area contributed by atoms with Crippen LogP contribution in [0.2, 0.25) is 0 Å². The summed E-state index contributed by atoms with van der Waals surface area (Å²) in [5.41, 5.74) is -1.72. The summed E-state index contributed by atoms with van der Waals surface area (Å²) in [7, 11) is 0. The van der Waals surface area contributed by atoms with E-state index in [-0.39, 0.29) is 13.1 Å². The highest BCUT2D eigenvalue weighted by Crippen LogP contribution is 2.42. The third-order valence-corrected chi connectivity index (χ3v) is 2.49. The minimum atomic E-state index is -4.45. The van der Waals surface area contributed by atoms with Crippen molar-refractivity contribution in [2.75, 3.05) is 13.1 Å². The lowest BCUT2D eigenvalue weighted by molar-refractivity contribution is -0.201. The molecule has 0 saturated carbocycles. The highest BCUT2D eigenvalue weighted by atomic mass is 19.4. The molecule has 2 atom stereocenters. The van der Waals surface area contributed by atoms with Gasteiger partial charge in [0, 0.05) is 13.1 Å². The molecule has 1 heterocycles. The van der Waals surface area contributed by atoms with E-state index in [1.807, 2.05) is 0 Å². The zero-order valence-electron chi connectivity index (χ0n) is 6.98. The van der Waals surface area contributed by atoms with Crippen LogP contribution in [-0.2, 0) is 4.79 Å². The van der Waals surface area contributed by atoms with Crippen LogP contribution in [0.5, 0.6) is 0 Å². The van der Waals surface area contributed by atoms with Gasteiger partial charge in [0.2, 0.25) is 0 Å². The van der Waals surface area contributed by atoms with Crippen LogP contribution in [0.1, 0.15) is 6.92 Å². The van der Waals surface area contributed by atoms with Gasteiger partial charge in [-0.05, 0) is 6.92 Å². The lowest BCUT2D eigenvalue weighted by atomic mass is 9.79. The zero-order valence-corrected chi connectivity index (χ0v) is 6.98. The number of rotatable bonds is 1. The van der Waals surface area contributed by atoms with Crippen LogP contribution in [0.4, 0.5) is 13.2 Å². The maximum atomic E-state index is 12.3. The third kappa shape index (κ3) is 1.63. The molecule has 1 fully saturated rings. The Labute approximate surface area is 72.9 Å². The Morgan fingerprint density at radius 1 is 1.62 bits per heavy atom. The molecule has 0 spiro atoms. The van der Waals surface area contributed by atoms with Crippen LogP contribution in [0.25, 0.3) is 0 Å². The number of carboxylic acid groups (broad SMARTS) is 1. The smallest absolute Gasteiger partial charge is 0.394 e. The highest BCUT2D eigenvalue weighted by Gasteiger charge is 2.57. The summed E-state index contributed by atoms with van der Waals surface area (Å²) in [5.74, 6) is -3.20. The molecule has 0 radical (unpaired) electrons. The number of hydrogen-bond donors (Lipinski definition) is 2. The first kappa shape index (κ1) is 10.3. The van der Waals surface area contributed by atoms with E-state index in [2.05, 4.69) is 5.32 Å². The summed E-state index contributed by atoms with van der Waals surface area (Å²) < 4.78 is 36.9. The van der Waals surface area contributed by atoms with Crippen molar-refractivity contribution in [1.82, 2.24) is 5.32 Å². The molecule has 6 heteroatoms. The highest BCUT2D eigenvalue weighted by molar-refractivity contribution is 5.75. The van der Waals surface area contributed by atoms with Crippen molar-refractivity contribution in [3.8, 4) is 0 Å². The van der Waals surface area contributed by atoms with E-state index >= 15 is 0 Å². The van der Waals surface area contributed by atoms with Gasteiger partial charge in [0.05, 0.1) is 11.3 Å². The van der Waals surface area contributed by atoms with E-state index < -0.39 is 23.5 Å². The maximum Gasteiger partial charge on any atom is 0.394 e. The molecular formula is C7H10F3NO2. The van der Waals surface area contributed by atoms with Gasteiger partial charge in [-0.15, -0.1) is 0 Å². The third-order valence-electron chi connectivity index (χ3n) is 2.49. The van der Waals surface area contributed by atoms with E-state index in [4.69, 9.17) is 5.11 Å². The van der Waals surface area contributed by atoms with E-state index in [1.54, 1.807) is 0 Å². The van der Waals surface area contributed by atoms with Crippen molar-refractivity contribution in [2.24, 2.45) is 11.3 Å². The summed E-state index contributed by atoms with van der Waals surface area (Å²) in [6, 6.07) is 0. The molecule has 1 saturated heterocycles. The Balaban J connectivity index is 2.93. The van der Waals surface area contributed by atoms with Crippen molar-refractivity contribution < 1.29 is 23.1 Å². The topological polar surface area (TPSA) is 49.3 Å². The number of halogens is 3. The molecule has 2 N–H and O–H groups in total. The minimum Gasteiger partial charge on any atom is -0.481 e. The van der Waals surface area contributed by atoms with Gasteiger partial charge >= 0.3 is 12.1 Å². The van der Waals surface area contributed by atoms with Crippen molar-refractivity contribution in [1.29, 1.82) is 0 Å². The standard InChI is InChI=1S/C7H10F3NO2/c1-6(5(12)13)3-11-2-4(6)7(8,9)10/h4,11H,2-3H2,1H3,(H,12,13). The summed E-state index contributed by atoms with van der Waals surface area (Å²) in [6.45, 7) is 0.673. The van der Waals surface area contributed by atoms with Gasteiger partial charge in [0.25, 0.3) is 0 Å². The van der Waals surface area contributed by atoms with Crippen molar-refractivity contribution in [2.45, 2.75) is 13.1 Å². The SMILES string of the molecule is CC1(C(=O)O)CNCC1C(F)(F)F. The average Bonchev–Trinajstić information content (AvgIpc) is 2.31. The summed E-state index contributed by atoms with van der Waals surface area (Å²) in [5, 5.41) is 11.1. The number of carboxylic acids is 1. The van der Waals surface area contributed by atoms with Crippen LogP contribution in [-0.4, -0.2) is 30.3 Å². The van der Waals surface area contributed by atoms with Crippen LogP contribution >= 0.6 is 0 Å². The fraction of sp³-hybridized carbons (Fsp3) is 0.857. The van der Waals surface area contributed by atoms with Crippen LogP contribution in [0.15, 0.2) is 0 Å². The van der Waals surface area contributed by atoms with E-state index in [9.17, 15) is 18.0 Å². The molecule has 0 bridgehead atoms. The Morgan fingerprint density at radius 2 is 2.15 bits per heavy atom. The minimum absolute atomic E-state index is 0.132. The monoisotopic (exact) mass is 197 g/mol. The van der Waals surface area contributed by atoms with Crippen LogP contribution in [0.3, 0.4) is 0 Å². The Morgan fingerprint density at radius 3 is 2.46 bits per heavy atom. The molecule has 13 heavy (non-hydrogen) atoms. The van der Waals surface area contributed by atoms with E-state index in [0.717, 1.165) is 6.92 Å². The second-order valence-electron chi connectivity index (χ2n) is 3.45. The first-order chi connectivity index (χ1) is 5.78. The molecule has 1 rings (SSSR count).